The molecule has 0 aromatic carbocycles. The molecule has 1 saturated heterocycles. The molecular weight excluding hydrogens is 298 g/mol. The highest BCUT2D eigenvalue weighted by molar-refractivity contribution is 5.78. The topological polar surface area (TPSA) is 71.1 Å². The number of hydrogen-bond donors (Lipinski definition) is 1. The van der Waals surface area contributed by atoms with Crippen LogP contribution in [0.25, 0.3) is 0 Å². The first-order chi connectivity index (χ1) is 10.8. The molecule has 0 spiro atoms. The maximum absolute atomic E-state index is 12.2. The fourth-order valence-electron chi connectivity index (χ4n) is 2.73. The minimum Gasteiger partial charge on any atom is -0.444 e. The number of nitrogens with one attached hydrogen (secondary N) is 1. The highest BCUT2D eigenvalue weighted by Crippen LogP contribution is 2.22. The van der Waals surface area contributed by atoms with E-state index in [9.17, 15) is 9.59 Å². The number of nitrogens with zero attached hydrogens (tertiary/aromatic N) is 2. The van der Waals surface area contributed by atoms with E-state index in [4.69, 9.17) is 9.47 Å². The largest absolute Gasteiger partial charge is 0.444 e. The zero-order valence-corrected chi connectivity index (χ0v) is 14.6. The number of piperazine rings is 1. The minimum atomic E-state index is -0.489. The second kappa shape index (κ2) is 7.49. The van der Waals surface area contributed by atoms with Gasteiger partial charge in [0.15, 0.2) is 0 Å². The van der Waals surface area contributed by atoms with E-state index in [1.54, 1.807) is 16.9 Å². The van der Waals surface area contributed by atoms with Crippen LogP contribution in [0, 0.1) is 0 Å². The van der Waals surface area contributed by atoms with Crippen molar-refractivity contribution < 1.29 is 19.1 Å². The molecule has 0 radical (unpaired) electrons. The van der Waals surface area contributed by atoms with Gasteiger partial charge in [-0.3, -0.25) is 4.79 Å². The summed E-state index contributed by atoms with van der Waals surface area (Å²) in [5, 5.41) is 3.27. The van der Waals surface area contributed by atoms with Gasteiger partial charge in [-0.2, -0.15) is 0 Å². The molecule has 1 saturated carbocycles. The van der Waals surface area contributed by atoms with Gasteiger partial charge in [0.1, 0.15) is 5.60 Å². The summed E-state index contributed by atoms with van der Waals surface area (Å²) >= 11 is 0. The van der Waals surface area contributed by atoms with Crippen LogP contribution in [0.2, 0.25) is 0 Å². The molecule has 0 atom stereocenters. The van der Waals surface area contributed by atoms with E-state index < -0.39 is 5.60 Å². The van der Waals surface area contributed by atoms with E-state index in [2.05, 4.69) is 5.32 Å². The van der Waals surface area contributed by atoms with Gasteiger partial charge in [0.25, 0.3) is 0 Å². The van der Waals surface area contributed by atoms with Crippen LogP contribution in [-0.2, 0) is 14.3 Å². The van der Waals surface area contributed by atoms with Crippen LogP contribution < -0.4 is 5.32 Å². The second-order valence-electron chi connectivity index (χ2n) is 7.26. The summed E-state index contributed by atoms with van der Waals surface area (Å²) in [6, 6.07) is 0.381. The lowest BCUT2D eigenvalue weighted by molar-refractivity contribution is -0.132. The third-order valence-corrected chi connectivity index (χ3v) is 4.25. The molecule has 1 N–H and O–H groups in total. The van der Waals surface area contributed by atoms with Gasteiger partial charge in [-0.15, -0.1) is 0 Å². The summed E-state index contributed by atoms with van der Waals surface area (Å²) in [5.41, 5.74) is -0.489. The Morgan fingerprint density at radius 3 is 2.17 bits per heavy atom. The van der Waals surface area contributed by atoms with Gasteiger partial charge < -0.3 is 24.6 Å². The minimum absolute atomic E-state index is 0.0923. The third kappa shape index (κ3) is 5.35. The van der Waals surface area contributed by atoms with Crippen molar-refractivity contribution in [3.05, 3.63) is 0 Å². The van der Waals surface area contributed by atoms with Crippen molar-refractivity contribution in [3.63, 3.8) is 0 Å². The molecule has 2 aliphatic rings. The number of ether oxygens (including phenoxy) is 2. The molecule has 7 nitrogen and oxygen atoms in total. The molecule has 2 rings (SSSR count). The molecule has 0 aromatic rings. The maximum Gasteiger partial charge on any atom is 0.410 e. The van der Waals surface area contributed by atoms with Crippen LogP contribution in [-0.4, -0.2) is 79.4 Å². The molecule has 0 aromatic heterocycles. The van der Waals surface area contributed by atoms with Crippen LogP contribution in [0.1, 0.15) is 33.6 Å². The summed E-state index contributed by atoms with van der Waals surface area (Å²) in [5.74, 6) is 0.0923. The molecule has 1 heterocycles. The lowest BCUT2D eigenvalue weighted by atomic mass is 9.89. The molecule has 1 aliphatic carbocycles. The van der Waals surface area contributed by atoms with Crippen molar-refractivity contribution in [2.45, 2.75) is 51.4 Å². The predicted octanol–water partition coefficient (Wildman–Crippen LogP) is 0.833. The average molecular weight is 327 g/mol. The number of rotatable bonds is 4. The first-order valence-electron chi connectivity index (χ1n) is 8.30. The van der Waals surface area contributed by atoms with Gasteiger partial charge in [0, 0.05) is 39.3 Å². The van der Waals surface area contributed by atoms with Crippen molar-refractivity contribution in [1.29, 1.82) is 0 Å². The van der Waals surface area contributed by atoms with Crippen LogP contribution in [0.4, 0.5) is 4.79 Å². The van der Waals surface area contributed by atoms with E-state index in [1.165, 1.54) is 0 Å². The van der Waals surface area contributed by atoms with E-state index in [1.807, 2.05) is 20.8 Å². The zero-order valence-electron chi connectivity index (χ0n) is 14.6. The lowest BCUT2D eigenvalue weighted by Crippen LogP contribution is -2.54. The van der Waals surface area contributed by atoms with Crippen LogP contribution in [0.5, 0.6) is 0 Å². The Kier molecular flexibility index (Phi) is 5.86. The normalized spacial score (nSPS) is 25.0. The summed E-state index contributed by atoms with van der Waals surface area (Å²) in [6.45, 7) is 8.08. The van der Waals surface area contributed by atoms with E-state index >= 15 is 0 Å². The number of amides is 2. The number of carbonyl (C=O) groups is 2. The first-order valence-corrected chi connectivity index (χ1v) is 8.30. The summed E-state index contributed by atoms with van der Waals surface area (Å²) in [7, 11) is 1.72. The van der Waals surface area contributed by atoms with Gasteiger partial charge in [-0.05, 0) is 33.6 Å². The van der Waals surface area contributed by atoms with Crippen molar-refractivity contribution in [3.8, 4) is 0 Å². The van der Waals surface area contributed by atoms with Gasteiger partial charge in [-0.25, -0.2) is 4.79 Å². The molecule has 132 valence electrons. The monoisotopic (exact) mass is 327 g/mol. The third-order valence-electron chi connectivity index (χ3n) is 4.25. The molecule has 23 heavy (non-hydrogen) atoms. The number of hydrogen-bond acceptors (Lipinski definition) is 5. The van der Waals surface area contributed by atoms with Crippen LogP contribution >= 0.6 is 0 Å². The van der Waals surface area contributed by atoms with Gasteiger partial charge in [-0.1, -0.05) is 0 Å². The summed E-state index contributed by atoms with van der Waals surface area (Å²) in [6.07, 6.45) is 1.97. The smallest absolute Gasteiger partial charge is 0.410 e. The number of carbonyl (C=O) groups excluding carboxylic acids is 2. The predicted molar refractivity (Wildman–Crippen MR) is 86.2 cm³/mol. The first kappa shape index (κ1) is 18.0. The standard InChI is InChI=1S/C16H29N3O4/c1-16(2,3)23-15(21)19-7-5-18(6-8-19)14(20)11-17-12-9-13(10-12)22-4/h12-13,17H,5-11H2,1-4H3. The quantitative estimate of drug-likeness (QED) is 0.828. The van der Waals surface area contributed by atoms with Crippen molar-refractivity contribution in [2.75, 3.05) is 39.8 Å². The Morgan fingerprint density at radius 2 is 1.65 bits per heavy atom. The fourth-order valence-corrected chi connectivity index (χ4v) is 2.73. The van der Waals surface area contributed by atoms with E-state index in [0.29, 0.717) is 44.9 Å². The Morgan fingerprint density at radius 1 is 1.09 bits per heavy atom. The number of methoxy groups -OCH3 is 1. The summed E-state index contributed by atoms with van der Waals surface area (Å²) in [4.78, 5) is 27.7. The maximum atomic E-state index is 12.2. The Labute approximate surface area is 138 Å². The van der Waals surface area contributed by atoms with Crippen LogP contribution in [0.3, 0.4) is 0 Å². The average Bonchev–Trinajstić information content (AvgIpc) is 2.44. The van der Waals surface area contributed by atoms with Gasteiger partial charge >= 0.3 is 6.09 Å². The van der Waals surface area contributed by atoms with Crippen molar-refractivity contribution in [1.82, 2.24) is 15.1 Å². The highest BCUT2D eigenvalue weighted by atomic mass is 16.6. The van der Waals surface area contributed by atoms with Gasteiger partial charge in [0.2, 0.25) is 5.91 Å². The van der Waals surface area contributed by atoms with Crippen molar-refractivity contribution >= 4 is 12.0 Å². The van der Waals surface area contributed by atoms with Crippen molar-refractivity contribution in [2.24, 2.45) is 0 Å². The molecule has 0 bridgehead atoms. The molecular formula is C16H29N3O4. The Bertz CT molecular complexity index is 422. The molecule has 0 unspecified atom stereocenters. The van der Waals surface area contributed by atoms with E-state index in [-0.39, 0.29) is 12.0 Å². The SMILES string of the molecule is COC1CC(NCC(=O)N2CCN(C(=O)OC(C)(C)C)CC2)C1. The molecule has 7 heteroatoms. The lowest BCUT2D eigenvalue weighted by Gasteiger charge is -2.37. The molecule has 2 amide bonds. The summed E-state index contributed by atoms with van der Waals surface area (Å²) < 4.78 is 10.6. The van der Waals surface area contributed by atoms with E-state index in [0.717, 1.165) is 12.8 Å². The zero-order chi connectivity index (χ0) is 17.0. The van der Waals surface area contributed by atoms with Gasteiger partial charge in [0.05, 0.1) is 12.6 Å². The fraction of sp³-hybridized carbons (Fsp3) is 0.875. The highest BCUT2D eigenvalue weighted by Gasteiger charge is 2.30. The Balaban J connectivity index is 1.65. The Hall–Kier alpha value is -1.34. The molecule has 2 fully saturated rings. The molecule has 1 aliphatic heterocycles. The van der Waals surface area contributed by atoms with Crippen LogP contribution in [0.15, 0.2) is 0 Å². The second-order valence-corrected chi connectivity index (χ2v) is 7.26.